The Balaban J connectivity index is 2.25. The van der Waals surface area contributed by atoms with Gasteiger partial charge in [-0.3, -0.25) is 4.52 Å². The highest BCUT2D eigenvalue weighted by Gasteiger charge is 2.42. The highest BCUT2D eigenvalue weighted by Crippen LogP contribution is 2.24. The largest absolute Gasteiger partial charge is 0.453 e. The fourth-order valence-electron chi connectivity index (χ4n) is 3.15. The Morgan fingerprint density at radius 3 is 2.31 bits per heavy atom. The monoisotopic (exact) mass is 407 g/mol. The first-order chi connectivity index (χ1) is 12.0. The van der Waals surface area contributed by atoms with Gasteiger partial charge in [0.25, 0.3) is 5.32 Å². The average Bonchev–Trinajstić information content (AvgIpc) is 2.96. The van der Waals surface area contributed by atoms with Crippen LogP contribution in [0.3, 0.4) is 0 Å². The first-order valence-electron chi connectivity index (χ1n) is 9.01. The van der Waals surface area contributed by atoms with Gasteiger partial charge >= 0.3 is 5.63 Å². The lowest BCUT2D eigenvalue weighted by atomic mass is 10.3. The van der Waals surface area contributed by atoms with Crippen LogP contribution < -0.4 is 15.6 Å². The molecule has 1 aromatic heterocycles. The second-order valence-corrected chi connectivity index (χ2v) is 21.7. The summed E-state index contributed by atoms with van der Waals surface area (Å²) in [5.41, 5.74) is 2.66. The molecule has 5 nitrogen and oxygen atoms in total. The van der Waals surface area contributed by atoms with E-state index in [0.29, 0.717) is 0 Å². The molecule has 0 atom stereocenters. The van der Waals surface area contributed by atoms with Gasteiger partial charge in [-0.05, 0) is 48.2 Å². The number of para-hydroxylation sites is 1. The summed E-state index contributed by atoms with van der Waals surface area (Å²) in [5, 5.41) is 3.55. The normalized spacial score (nSPS) is 13.0. The molecule has 0 spiro atoms. The predicted molar refractivity (Wildman–Crippen MR) is 114 cm³/mol. The maximum absolute atomic E-state index is 12.4. The van der Waals surface area contributed by atoms with E-state index in [1.165, 1.54) is 0 Å². The molecule has 0 bridgehead atoms. The third-order valence-corrected chi connectivity index (χ3v) is 15.1. The zero-order chi connectivity index (χ0) is 19.6. The Morgan fingerprint density at radius 1 is 1.12 bits per heavy atom. The van der Waals surface area contributed by atoms with Gasteiger partial charge in [0.1, 0.15) is 0 Å². The number of nitrogens with zero attached hydrogens (tertiary/aromatic N) is 1. The SMILES string of the molecule is C=C[Si](C)(C)O[Si](C)(C)CC[Si](C)(C)c1c(=O)o[nH][n+]1-c1ccccc1. The van der Waals surface area contributed by atoms with Gasteiger partial charge in [0.2, 0.25) is 5.69 Å². The molecule has 0 fully saturated rings. The van der Waals surface area contributed by atoms with Crippen LogP contribution in [-0.4, -0.2) is 30.0 Å². The van der Waals surface area contributed by atoms with E-state index < -0.39 is 24.7 Å². The minimum Gasteiger partial charge on any atom is -0.453 e. The van der Waals surface area contributed by atoms with Crippen molar-refractivity contribution in [2.75, 3.05) is 0 Å². The minimum atomic E-state index is -2.02. The van der Waals surface area contributed by atoms with Crippen LogP contribution in [0, 0.1) is 0 Å². The molecule has 26 heavy (non-hydrogen) atoms. The van der Waals surface area contributed by atoms with E-state index in [1.54, 1.807) is 0 Å². The number of rotatable bonds is 8. The maximum atomic E-state index is 12.4. The summed E-state index contributed by atoms with van der Waals surface area (Å²) in [7, 11) is -5.65. The van der Waals surface area contributed by atoms with Crippen LogP contribution >= 0.6 is 0 Å². The third-order valence-electron chi connectivity index (χ3n) is 4.69. The molecule has 0 saturated carbocycles. The van der Waals surface area contributed by atoms with Crippen molar-refractivity contribution in [3.8, 4) is 5.69 Å². The molecule has 0 amide bonds. The number of hydrogen-bond acceptors (Lipinski definition) is 3. The van der Waals surface area contributed by atoms with Gasteiger partial charge in [0.15, 0.2) is 24.7 Å². The van der Waals surface area contributed by atoms with Gasteiger partial charge in [-0.25, -0.2) is 4.79 Å². The van der Waals surface area contributed by atoms with Crippen molar-refractivity contribution in [2.45, 2.75) is 51.4 Å². The summed E-state index contributed by atoms with van der Waals surface area (Å²) in [5.74, 6) is 0. The summed E-state index contributed by atoms with van der Waals surface area (Å²) in [6.07, 6.45) is 0. The molecule has 0 aliphatic carbocycles. The molecule has 142 valence electrons. The number of aromatic nitrogens is 2. The van der Waals surface area contributed by atoms with Crippen molar-refractivity contribution in [1.29, 1.82) is 0 Å². The van der Waals surface area contributed by atoms with E-state index in [9.17, 15) is 4.79 Å². The minimum absolute atomic E-state index is 0.258. The average molecular weight is 408 g/mol. The second-order valence-electron chi connectivity index (χ2n) is 8.55. The van der Waals surface area contributed by atoms with Gasteiger partial charge in [0.05, 0.1) is 0 Å². The van der Waals surface area contributed by atoms with Gasteiger partial charge in [-0.2, -0.15) is 0 Å². The van der Waals surface area contributed by atoms with Crippen LogP contribution in [0.1, 0.15) is 0 Å². The van der Waals surface area contributed by atoms with E-state index in [-0.39, 0.29) is 5.63 Å². The van der Waals surface area contributed by atoms with E-state index in [2.05, 4.69) is 51.1 Å². The summed E-state index contributed by atoms with van der Waals surface area (Å²) in [6.45, 7) is 17.3. The number of aromatic amines is 1. The Bertz CT molecular complexity index is 811. The fraction of sp³-hybridized carbons (Fsp3) is 0.444. The van der Waals surface area contributed by atoms with Crippen LogP contribution in [0.5, 0.6) is 0 Å². The summed E-state index contributed by atoms with van der Waals surface area (Å²) in [6, 6.07) is 11.8. The number of benzene rings is 1. The third kappa shape index (κ3) is 5.03. The fourth-order valence-corrected chi connectivity index (χ4v) is 16.1. The van der Waals surface area contributed by atoms with Crippen LogP contribution in [0.15, 0.2) is 51.9 Å². The first-order valence-corrected chi connectivity index (χ1v) is 18.3. The van der Waals surface area contributed by atoms with Crippen molar-refractivity contribution in [3.05, 3.63) is 53.0 Å². The Kier molecular flexibility index (Phi) is 6.11. The van der Waals surface area contributed by atoms with Crippen LogP contribution in [0.4, 0.5) is 0 Å². The topological polar surface area (TPSA) is 59.1 Å². The summed E-state index contributed by atoms with van der Waals surface area (Å²) >= 11 is 0. The van der Waals surface area contributed by atoms with E-state index in [1.807, 2.05) is 40.7 Å². The van der Waals surface area contributed by atoms with Crippen molar-refractivity contribution >= 4 is 30.0 Å². The smallest absolute Gasteiger partial charge is 0.424 e. The number of hydrogen-bond donors (Lipinski definition) is 1. The lowest BCUT2D eigenvalue weighted by molar-refractivity contribution is -0.654. The standard InChI is InChI=1S/C18H30N2O3Si3/c1-8-25(4,5)23-26(6,7)15-14-24(2,3)17-18(21)22-19-20(17)16-12-10-9-11-13-16/h8-13H,1,14-15H2,2-7H3/p+1. The zero-order valence-electron chi connectivity index (χ0n) is 16.8. The Hall–Kier alpha value is -1.49. The quantitative estimate of drug-likeness (QED) is 0.539. The molecule has 2 aromatic rings. The van der Waals surface area contributed by atoms with E-state index in [0.717, 1.165) is 23.1 Å². The molecule has 0 unspecified atom stereocenters. The molecule has 1 N–H and O–H groups in total. The molecule has 8 heteroatoms. The maximum Gasteiger partial charge on any atom is 0.424 e. The molecule has 2 rings (SSSR count). The number of nitrogens with one attached hydrogen (secondary N) is 1. The van der Waals surface area contributed by atoms with Gasteiger partial charge in [-0.1, -0.05) is 37.0 Å². The molecular weight excluding hydrogens is 376 g/mol. The second kappa shape index (κ2) is 7.63. The van der Waals surface area contributed by atoms with Crippen molar-refractivity contribution in [1.82, 2.24) is 5.27 Å². The van der Waals surface area contributed by atoms with Crippen molar-refractivity contribution < 1.29 is 13.3 Å². The van der Waals surface area contributed by atoms with Crippen molar-refractivity contribution in [2.24, 2.45) is 0 Å². The first kappa shape index (κ1) is 20.8. The highest BCUT2D eigenvalue weighted by atomic mass is 28.4. The van der Waals surface area contributed by atoms with Crippen LogP contribution in [0.2, 0.25) is 51.4 Å². The van der Waals surface area contributed by atoms with Gasteiger partial charge in [0, 0.05) is 12.1 Å². The van der Waals surface area contributed by atoms with Gasteiger partial charge < -0.3 is 4.12 Å². The highest BCUT2D eigenvalue weighted by molar-refractivity contribution is 6.91. The summed E-state index contributed by atoms with van der Waals surface area (Å²) < 4.78 is 13.5. The lowest BCUT2D eigenvalue weighted by Gasteiger charge is -2.33. The predicted octanol–water partition coefficient (Wildman–Crippen LogP) is 3.31. The molecular formula is C18H31N2O3Si3+. The lowest BCUT2D eigenvalue weighted by Crippen LogP contribution is -2.65. The van der Waals surface area contributed by atoms with Gasteiger partial charge in [-0.15, -0.1) is 6.58 Å². The molecule has 0 radical (unpaired) electrons. The molecule has 1 heterocycles. The van der Waals surface area contributed by atoms with E-state index >= 15 is 0 Å². The van der Waals surface area contributed by atoms with Crippen LogP contribution in [-0.2, 0) is 4.12 Å². The van der Waals surface area contributed by atoms with Crippen molar-refractivity contribution in [3.63, 3.8) is 0 Å². The molecule has 1 aromatic carbocycles. The zero-order valence-corrected chi connectivity index (χ0v) is 19.8. The van der Waals surface area contributed by atoms with Crippen LogP contribution in [0.25, 0.3) is 5.69 Å². The summed E-state index contributed by atoms with van der Waals surface area (Å²) in [4.78, 5) is 12.4. The molecule has 0 saturated heterocycles. The van der Waals surface area contributed by atoms with E-state index in [4.69, 9.17) is 8.64 Å². The number of H-pyrrole nitrogens is 1. The Labute approximate surface area is 158 Å². The Morgan fingerprint density at radius 2 is 1.73 bits per heavy atom. The molecule has 0 aliphatic rings. The molecule has 0 aliphatic heterocycles.